The summed E-state index contributed by atoms with van der Waals surface area (Å²) >= 11 is 9.18. The first-order valence-corrected chi connectivity index (χ1v) is 6.15. The summed E-state index contributed by atoms with van der Waals surface area (Å²) in [6, 6.07) is 5.40. The molecule has 0 atom stereocenters. The Morgan fingerprint density at radius 3 is 2.81 bits per heavy atom. The van der Waals surface area contributed by atoms with Crippen LogP contribution < -0.4 is 0 Å². The predicted octanol–water partition coefficient (Wildman–Crippen LogP) is 4.11. The molecule has 0 radical (unpaired) electrons. The van der Waals surface area contributed by atoms with E-state index in [2.05, 4.69) is 32.8 Å². The second kappa shape index (κ2) is 4.97. The van der Waals surface area contributed by atoms with E-state index in [1.807, 2.05) is 6.07 Å². The van der Waals surface area contributed by atoms with Gasteiger partial charge in [0.25, 0.3) is 0 Å². The zero-order valence-corrected chi connectivity index (χ0v) is 11.0. The number of nitrogens with zero attached hydrogens (tertiary/aromatic N) is 2. The van der Waals surface area contributed by atoms with Gasteiger partial charge in [0.2, 0.25) is 0 Å². The second-order valence-corrected chi connectivity index (χ2v) is 4.53. The number of hydrogen-bond donors (Lipinski definition) is 0. The SMILES string of the molecule is CCCc1cc(Cl)nc(-c2ccc(Br)o2)n1. The van der Waals surface area contributed by atoms with Gasteiger partial charge >= 0.3 is 0 Å². The van der Waals surface area contributed by atoms with E-state index in [-0.39, 0.29) is 0 Å². The zero-order chi connectivity index (χ0) is 11.5. The molecule has 2 aromatic heterocycles. The molecule has 0 aliphatic rings. The Balaban J connectivity index is 2.40. The molecule has 0 aliphatic carbocycles. The highest BCUT2D eigenvalue weighted by atomic mass is 79.9. The number of aromatic nitrogens is 2. The van der Waals surface area contributed by atoms with Gasteiger partial charge in [-0.3, -0.25) is 0 Å². The van der Waals surface area contributed by atoms with Crippen molar-refractivity contribution in [2.75, 3.05) is 0 Å². The van der Waals surface area contributed by atoms with Gasteiger partial charge in [0.15, 0.2) is 16.3 Å². The first-order valence-electron chi connectivity index (χ1n) is 4.98. The van der Waals surface area contributed by atoms with E-state index in [9.17, 15) is 0 Å². The van der Waals surface area contributed by atoms with Crippen molar-refractivity contribution in [2.45, 2.75) is 19.8 Å². The van der Waals surface area contributed by atoms with Crippen LogP contribution in [0, 0.1) is 0 Å². The molecule has 0 amide bonds. The highest BCUT2D eigenvalue weighted by Crippen LogP contribution is 2.23. The second-order valence-electron chi connectivity index (χ2n) is 3.36. The van der Waals surface area contributed by atoms with Crippen molar-refractivity contribution < 1.29 is 4.42 Å². The summed E-state index contributed by atoms with van der Waals surface area (Å²) < 4.78 is 6.05. The molecule has 5 heteroatoms. The summed E-state index contributed by atoms with van der Waals surface area (Å²) in [5, 5.41) is 0.445. The first kappa shape index (κ1) is 11.6. The van der Waals surface area contributed by atoms with E-state index in [0.717, 1.165) is 18.5 Å². The lowest BCUT2D eigenvalue weighted by atomic mass is 10.2. The molecule has 84 valence electrons. The highest BCUT2D eigenvalue weighted by molar-refractivity contribution is 9.10. The Kier molecular flexibility index (Phi) is 3.61. The summed E-state index contributed by atoms with van der Waals surface area (Å²) in [6.07, 6.45) is 1.91. The maximum Gasteiger partial charge on any atom is 0.197 e. The Labute approximate surface area is 107 Å². The van der Waals surface area contributed by atoms with Gasteiger partial charge in [-0.05, 0) is 40.5 Å². The van der Waals surface area contributed by atoms with Crippen LogP contribution in [0.25, 0.3) is 11.6 Å². The van der Waals surface area contributed by atoms with Crippen LogP contribution in [0.15, 0.2) is 27.3 Å². The van der Waals surface area contributed by atoms with Gasteiger partial charge in [-0.1, -0.05) is 24.9 Å². The third-order valence-corrected chi connectivity index (χ3v) is 2.67. The molecule has 0 saturated heterocycles. The molecule has 0 spiro atoms. The summed E-state index contributed by atoms with van der Waals surface area (Å²) in [4.78, 5) is 8.54. The minimum atomic E-state index is 0.445. The number of hydrogen-bond acceptors (Lipinski definition) is 3. The molecule has 0 saturated carbocycles. The molecule has 0 aromatic carbocycles. The maximum atomic E-state index is 5.94. The minimum absolute atomic E-state index is 0.445. The standard InChI is InChI=1S/C11H10BrClN2O/c1-2-3-7-6-10(13)15-11(14-7)8-4-5-9(12)16-8/h4-6H,2-3H2,1H3. The van der Waals surface area contributed by atoms with Crippen molar-refractivity contribution in [1.29, 1.82) is 0 Å². The van der Waals surface area contributed by atoms with Crippen molar-refractivity contribution in [3.8, 4) is 11.6 Å². The van der Waals surface area contributed by atoms with Crippen LogP contribution >= 0.6 is 27.5 Å². The molecule has 2 heterocycles. The van der Waals surface area contributed by atoms with E-state index >= 15 is 0 Å². The average Bonchev–Trinajstić information content (AvgIpc) is 2.64. The van der Waals surface area contributed by atoms with Crippen molar-refractivity contribution in [3.63, 3.8) is 0 Å². The number of furan rings is 1. The van der Waals surface area contributed by atoms with E-state index in [1.54, 1.807) is 12.1 Å². The van der Waals surface area contributed by atoms with Gasteiger partial charge in [-0.2, -0.15) is 0 Å². The van der Waals surface area contributed by atoms with E-state index in [4.69, 9.17) is 16.0 Å². The van der Waals surface area contributed by atoms with Crippen LogP contribution in [-0.4, -0.2) is 9.97 Å². The Morgan fingerprint density at radius 2 is 2.19 bits per heavy atom. The molecule has 0 fully saturated rings. The molecule has 0 unspecified atom stereocenters. The zero-order valence-electron chi connectivity index (χ0n) is 8.70. The topological polar surface area (TPSA) is 38.9 Å². The molecular formula is C11H10BrClN2O. The van der Waals surface area contributed by atoms with Gasteiger partial charge < -0.3 is 4.42 Å². The number of aryl methyl sites for hydroxylation is 1. The number of rotatable bonds is 3. The molecular weight excluding hydrogens is 291 g/mol. The summed E-state index contributed by atoms with van der Waals surface area (Å²) in [7, 11) is 0. The lowest BCUT2D eigenvalue weighted by Gasteiger charge is -2.01. The van der Waals surface area contributed by atoms with Crippen LogP contribution in [-0.2, 0) is 6.42 Å². The quantitative estimate of drug-likeness (QED) is 0.801. The van der Waals surface area contributed by atoms with Crippen LogP contribution in [0.4, 0.5) is 0 Å². The first-order chi connectivity index (χ1) is 7.69. The molecule has 16 heavy (non-hydrogen) atoms. The van der Waals surface area contributed by atoms with Gasteiger partial charge in [-0.25, -0.2) is 9.97 Å². The van der Waals surface area contributed by atoms with Crippen LogP contribution in [0.2, 0.25) is 5.15 Å². The maximum absolute atomic E-state index is 5.94. The Hall–Kier alpha value is -0.870. The van der Waals surface area contributed by atoms with Crippen molar-refractivity contribution >= 4 is 27.5 Å². The van der Waals surface area contributed by atoms with Gasteiger partial charge in [0.1, 0.15) is 5.15 Å². The van der Waals surface area contributed by atoms with E-state index < -0.39 is 0 Å². The lowest BCUT2D eigenvalue weighted by Crippen LogP contribution is -1.95. The number of halogens is 2. The lowest BCUT2D eigenvalue weighted by molar-refractivity contribution is 0.550. The smallest absolute Gasteiger partial charge is 0.197 e. The molecule has 3 nitrogen and oxygen atoms in total. The van der Waals surface area contributed by atoms with Gasteiger partial charge in [-0.15, -0.1) is 0 Å². The third-order valence-electron chi connectivity index (χ3n) is 2.05. The molecule has 0 aliphatic heterocycles. The van der Waals surface area contributed by atoms with Crippen molar-refractivity contribution in [3.05, 3.63) is 33.7 Å². The van der Waals surface area contributed by atoms with Crippen LogP contribution in [0.3, 0.4) is 0 Å². The largest absolute Gasteiger partial charge is 0.446 e. The fourth-order valence-corrected chi connectivity index (χ4v) is 1.91. The summed E-state index contributed by atoms with van der Waals surface area (Å²) in [6.45, 7) is 2.10. The van der Waals surface area contributed by atoms with E-state index in [1.165, 1.54) is 0 Å². The minimum Gasteiger partial charge on any atom is -0.446 e. The Morgan fingerprint density at radius 1 is 1.38 bits per heavy atom. The summed E-state index contributed by atoms with van der Waals surface area (Å²) in [5.74, 6) is 1.15. The summed E-state index contributed by atoms with van der Waals surface area (Å²) in [5.41, 5.74) is 0.935. The van der Waals surface area contributed by atoms with Crippen LogP contribution in [0.5, 0.6) is 0 Å². The molecule has 2 rings (SSSR count). The highest BCUT2D eigenvalue weighted by Gasteiger charge is 2.09. The van der Waals surface area contributed by atoms with Crippen LogP contribution in [0.1, 0.15) is 19.0 Å². The molecule has 2 aromatic rings. The van der Waals surface area contributed by atoms with E-state index in [0.29, 0.717) is 21.4 Å². The third kappa shape index (κ3) is 2.62. The van der Waals surface area contributed by atoms with Crippen molar-refractivity contribution in [1.82, 2.24) is 9.97 Å². The van der Waals surface area contributed by atoms with Gasteiger partial charge in [0, 0.05) is 5.69 Å². The average molecular weight is 302 g/mol. The molecule has 0 N–H and O–H groups in total. The van der Waals surface area contributed by atoms with Gasteiger partial charge in [0.05, 0.1) is 0 Å². The Bertz CT molecular complexity index is 498. The molecule has 0 bridgehead atoms. The fourth-order valence-electron chi connectivity index (χ4n) is 1.39. The predicted molar refractivity (Wildman–Crippen MR) is 66.4 cm³/mol. The normalized spacial score (nSPS) is 10.7. The fraction of sp³-hybridized carbons (Fsp3) is 0.273. The monoisotopic (exact) mass is 300 g/mol. The van der Waals surface area contributed by atoms with Crippen molar-refractivity contribution in [2.24, 2.45) is 0 Å².